The average Bonchev–Trinajstić information content (AvgIpc) is 3.51. The molecule has 3 heterocycles. The van der Waals surface area contributed by atoms with E-state index in [4.69, 9.17) is 4.98 Å². The highest BCUT2D eigenvalue weighted by Gasteiger charge is 2.28. The van der Waals surface area contributed by atoms with Gasteiger partial charge in [-0.3, -0.25) is 4.79 Å². The molecular weight excluding hydrogens is 501 g/mol. The number of benzene rings is 1. The topological polar surface area (TPSA) is 70.2 Å². The lowest BCUT2D eigenvalue weighted by molar-refractivity contribution is 0.0952. The third kappa shape index (κ3) is 6.45. The Kier molecular flexibility index (Phi) is 9.02. The monoisotopic (exact) mass is 535 g/mol. The van der Waals surface area contributed by atoms with Crippen LogP contribution in [0.5, 0.6) is 0 Å². The van der Waals surface area contributed by atoms with Crippen LogP contribution in [0.3, 0.4) is 0 Å². The summed E-state index contributed by atoms with van der Waals surface area (Å²) in [6.45, 7) is 7.67. The van der Waals surface area contributed by atoms with Gasteiger partial charge < -0.3 is 15.5 Å². The number of piperidine rings is 1. The third-order valence-corrected chi connectivity index (χ3v) is 8.24. The van der Waals surface area contributed by atoms with Gasteiger partial charge in [0.15, 0.2) is 0 Å². The smallest absolute Gasteiger partial charge is 0.252 e. The van der Waals surface area contributed by atoms with Crippen molar-refractivity contribution in [3.8, 4) is 10.6 Å². The number of fused-ring (bicyclic) bond motifs is 1. The van der Waals surface area contributed by atoms with Gasteiger partial charge in [0.2, 0.25) is 5.95 Å². The van der Waals surface area contributed by atoms with Crippen LogP contribution in [-0.2, 0) is 0 Å². The molecule has 1 amide bonds. The van der Waals surface area contributed by atoms with Gasteiger partial charge in [0.05, 0.1) is 10.6 Å². The van der Waals surface area contributed by atoms with Gasteiger partial charge in [-0.15, -0.1) is 36.2 Å². The van der Waals surface area contributed by atoms with E-state index in [-0.39, 0.29) is 30.7 Å². The first-order chi connectivity index (χ1) is 15.9. The van der Waals surface area contributed by atoms with Crippen LogP contribution in [0.15, 0.2) is 30.5 Å². The molecule has 2 aliphatic rings. The van der Waals surface area contributed by atoms with Gasteiger partial charge in [0.1, 0.15) is 0 Å². The molecule has 6 nitrogen and oxygen atoms in total. The minimum Gasteiger partial charge on any atom is -0.354 e. The first kappa shape index (κ1) is 27.7. The van der Waals surface area contributed by atoms with Crippen LogP contribution in [0.1, 0.15) is 54.9 Å². The van der Waals surface area contributed by atoms with E-state index in [1.807, 2.05) is 25.3 Å². The van der Waals surface area contributed by atoms with E-state index in [2.05, 4.69) is 46.6 Å². The molecule has 2 aromatic heterocycles. The quantitative estimate of drug-likeness (QED) is 0.391. The normalized spacial score (nSPS) is 17.3. The summed E-state index contributed by atoms with van der Waals surface area (Å²) >= 11 is 1.68. The first-order valence-electron chi connectivity index (χ1n) is 12.0. The van der Waals surface area contributed by atoms with Gasteiger partial charge in [0, 0.05) is 34.4 Å². The van der Waals surface area contributed by atoms with Gasteiger partial charge >= 0.3 is 0 Å². The average molecular weight is 537 g/mol. The number of hydrogen-bond acceptors (Lipinski definition) is 6. The van der Waals surface area contributed by atoms with E-state index >= 15 is 0 Å². The third-order valence-electron chi connectivity index (χ3n) is 7.13. The Bertz CT molecular complexity index is 1170. The number of amides is 1. The van der Waals surface area contributed by atoms with Gasteiger partial charge in [0.25, 0.3) is 5.91 Å². The zero-order valence-corrected chi connectivity index (χ0v) is 23.0. The Balaban J connectivity index is 0.00000171. The maximum atomic E-state index is 12.7. The second-order valence-corrected chi connectivity index (χ2v) is 11.2. The Morgan fingerprint density at radius 1 is 1.23 bits per heavy atom. The number of carbonyl (C=O) groups excluding carboxylic acids is 1. The molecule has 0 unspecified atom stereocenters. The minimum absolute atomic E-state index is 0. The highest BCUT2D eigenvalue weighted by atomic mass is 35.5. The Morgan fingerprint density at radius 3 is 2.69 bits per heavy atom. The van der Waals surface area contributed by atoms with Crippen LogP contribution in [0.2, 0.25) is 0 Å². The number of thiophene rings is 1. The summed E-state index contributed by atoms with van der Waals surface area (Å²) in [6, 6.07) is 8.42. The maximum Gasteiger partial charge on any atom is 0.252 e. The summed E-state index contributed by atoms with van der Waals surface area (Å²) in [5.74, 6) is 0.702. The summed E-state index contributed by atoms with van der Waals surface area (Å²) in [7, 11) is 2.20. The van der Waals surface area contributed by atoms with Crippen molar-refractivity contribution >= 4 is 58.1 Å². The summed E-state index contributed by atoms with van der Waals surface area (Å²) < 4.78 is 1.11. The number of hydrogen-bond donors (Lipinski definition) is 2. The van der Waals surface area contributed by atoms with Gasteiger partial charge in [-0.2, -0.15) is 0 Å². The highest BCUT2D eigenvalue weighted by Crippen LogP contribution is 2.37. The number of anilines is 1. The first-order valence-corrected chi connectivity index (χ1v) is 12.8. The molecule has 1 saturated carbocycles. The van der Waals surface area contributed by atoms with Crippen LogP contribution in [-0.4, -0.2) is 53.5 Å². The number of likely N-dealkylation sites (tertiary alicyclic amines) is 1. The summed E-state index contributed by atoms with van der Waals surface area (Å²) in [6.07, 6.45) is 7.67. The summed E-state index contributed by atoms with van der Waals surface area (Å²) in [4.78, 5) is 25.6. The van der Waals surface area contributed by atoms with Gasteiger partial charge in [-0.05, 0) is 88.3 Å². The molecule has 0 atom stereocenters. The fourth-order valence-corrected chi connectivity index (χ4v) is 5.67. The van der Waals surface area contributed by atoms with Crippen LogP contribution in [0.25, 0.3) is 20.7 Å². The molecule has 1 saturated heterocycles. The molecule has 0 spiro atoms. The zero-order chi connectivity index (χ0) is 23.0. The predicted molar refractivity (Wildman–Crippen MR) is 151 cm³/mol. The number of aromatic nitrogens is 2. The zero-order valence-electron chi connectivity index (χ0n) is 20.6. The van der Waals surface area contributed by atoms with E-state index < -0.39 is 0 Å². The number of halogens is 2. The SMILES string of the molecule is Cc1cnc(NCCC2(C)CCN(C)CC2)nc1-c1cc2c(C(=O)NC3CC3)cccc2s1.Cl.Cl. The number of rotatable bonds is 7. The molecule has 9 heteroatoms. The van der Waals surface area contributed by atoms with Crippen molar-refractivity contribution in [3.63, 3.8) is 0 Å². The molecule has 5 rings (SSSR count). The predicted octanol–water partition coefficient (Wildman–Crippen LogP) is 5.94. The van der Waals surface area contributed by atoms with Crippen LogP contribution < -0.4 is 10.6 Å². The molecule has 0 bridgehead atoms. The van der Waals surface area contributed by atoms with E-state index in [0.717, 1.165) is 57.6 Å². The van der Waals surface area contributed by atoms with Crippen molar-refractivity contribution in [3.05, 3.63) is 41.6 Å². The molecule has 35 heavy (non-hydrogen) atoms. The van der Waals surface area contributed by atoms with Crippen molar-refractivity contribution in [2.24, 2.45) is 5.41 Å². The number of nitrogens with one attached hydrogen (secondary N) is 2. The van der Waals surface area contributed by atoms with Crippen LogP contribution in [0.4, 0.5) is 5.95 Å². The highest BCUT2D eigenvalue weighted by molar-refractivity contribution is 7.22. The van der Waals surface area contributed by atoms with Gasteiger partial charge in [-0.1, -0.05) is 13.0 Å². The number of aryl methyl sites for hydroxylation is 1. The van der Waals surface area contributed by atoms with Crippen molar-refractivity contribution in [2.45, 2.75) is 52.0 Å². The van der Waals surface area contributed by atoms with Crippen molar-refractivity contribution in [2.75, 3.05) is 32.0 Å². The van der Waals surface area contributed by atoms with E-state index in [9.17, 15) is 4.79 Å². The Morgan fingerprint density at radius 2 is 1.97 bits per heavy atom. The van der Waals surface area contributed by atoms with Crippen LogP contribution in [0, 0.1) is 12.3 Å². The van der Waals surface area contributed by atoms with E-state index in [0.29, 0.717) is 17.4 Å². The van der Waals surface area contributed by atoms with E-state index in [1.165, 1.54) is 25.9 Å². The molecule has 3 aromatic rings. The number of nitrogens with zero attached hydrogens (tertiary/aromatic N) is 3. The lowest BCUT2D eigenvalue weighted by Gasteiger charge is -2.38. The van der Waals surface area contributed by atoms with Crippen molar-refractivity contribution in [1.29, 1.82) is 0 Å². The molecule has 1 aromatic carbocycles. The lowest BCUT2D eigenvalue weighted by atomic mass is 9.78. The summed E-state index contributed by atoms with van der Waals surface area (Å²) in [5, 5.41) is 7.58. The molecular formula is C26H35Cl2N5OS. The number of carbonyl (C=O) groups is 1. The minimum atomic E-state index is 0. The van der Waals surface area contributed by atoms with Crippen molar-refractivity contribution in [1.82, 2.24) is 20.2 Å². The standard InChI is InChI=1S/C26H33N5OS.2ClH/c1-17-16-28-25(27-12-9-26(2)10-13-31(3)14-11-26)30-23(17)22-15-20-19(5-4-6-21(20)33-22)24(32)29-18-7-8-18;;/h4-6,15-16,18H,7-14H2,1-3H3,(H,29,32)(H,27,28,30);2*1H. The van der Waals surface area contributed by atoms with Crippen LogP contribution >= 0.6 is 36.2 Å². The largest absolute Gasteiger partial charge is 0.354 e. The molecule has 2 fully saturated rings. The molecule has 2 N–H and O–H groups in total. The van der Waals surface area contributed by atoms with E-state index in [1.54, 1.807) is 11.3 Å². The molecule has 1 aliphatic carbocycles. The molecule has 1 aliphatic heterocycles. The second kappa shape index (κ2) is 11.4. The fraction of sp³-hybridized carbons (Fsp3) is 0.500. The molecule has 0 radical (unpaired) electrons. The molecule has 190 valence electrons. The summed E-state index contributed by atoms with van der Waals surface area (Å²) in [5.41, 5.74) is 3.11. The Labute approximate surface area is 224 Å². The fourth-order valence-electron chi connectivity index (χ4n) is 4.53. The maximum absolute atomic E-state index is 12.7. The lowest BCUT2D eigenvalue weighted by Crippen LogP contribution is -2.37. The Hall–Kier alpha value is -1.93. The second-order valence-electron chi connectivity index (χ2n) is 10.1. The van der Waals surface area contributed by atoms with Crippen molar-refractivity contribution < 1.29 is 4.79 Å². The van der Waals surface area contributed by atoms with Gasteiger partial charge in [-0.25, -0.2) is 9.97 Å².